The molecule has 1 amide bonds. The Kier molecular flexibility index (Phi) is 10.8. The zero-order chi connectivity index (χ0) is 12.0. The number of anilines is 1. The number of nitrogens with two attached hydrogens (primary N) is 1. The molecule has 4 nitrogen and oxygen atoms in total. The predicted molar refractivity (Wildman–Crippen MR) is 80.9 cm³/mol. The minimum atomic E-state index is -0.0724. The van der Waals surface area contributed by atoms with Gasteiger partial charge < -0.3 is 16.0 Å². The fraction of sp³-hybridized carbons (Fsp3) is 0.417. The normalized spacial score (nSPS) is 9.28. The van der Waals surface area contributed by atoms with E-state index < -0.39 is 0 Å². The maximum absolute atomic E-state index is 11.7. The Labute approximate surface area is 121 Å². The van der Waals surface area contributed by atoms with Gasteiger partial charge in [-0.1, -0.05) is 13.0 Å². The highest BCUT2D eigenvalue weighted by molar-refractivity contribution is 5.94. The second-order valence-electron chi connectivity index (χ2n) is 3.78. The lowest BCUT2D eigenvalue weighted by Gasteiger charge is -2.14. The number of likely N-dealkylation sites (N-methyl/N-ethyl adjacent to an activating group) is 1. The largest absolute Gasteiger partial charge is 0.399 e. The smallest absolute Gasteiger partial charge is 0.251 e. The van der Waals surface area contributed by atoms with Crippen molar-refractivity contribution in [1.82, 2.24) is 10.2 Å². The van der Waals surface area contributed by atoms with Gasteiger partial charge in [-0.2, -0.15) is 0 Å². The Bertz CT molecular complexity index is 361. The summed E-state index contributed by atoms with van der Waals surface area (Å²) in [5, 5.41) is 2.86. The number of benzene rings is 1. The van der Waals surface area contributed by atoms with Crippen molar-refractivity contribution >= 4 is 36.4 Å². The first-order valence-electron chi connectivity index (χ1n) is 5.45. The summed E-state index contributed by atoms with van der Waals surface area (Å²) in [5.74, 6) is -0.0724. The number of nitrogens with one attached hydrogen (secondary N) is 1. The quantitative estimate of drug-likeness (QED) is 0.814. The second-order valence-corrected chi connectivity index (χ2v) is 3.78. The number of nitrogen functional groups attached to an aromatic ring is 1. The summed E-state index contributed by atoms with van der Waals surface area (Å²) in [6, 6.07) is 6.98. The van der Waals surface area contributed by atoms with Crippen LogP contribution in [-0.2, 0) is 0 Å². The highest BCUT2D eigenvalue weighted by atomic mass is 35.5. The van der Waals surface area contributed by atoms with Crippen LogP contribution in [0.15, 0.2) is 24.3 Å². The molecule has 0 aliphatic rings. The maximum Gasteiger partial charge on any atom is 0.251 e. The Morgan fingerprint density at radius 3 is 2.61 bits per heavy atom. The van der Waals surface area contributed by atoms with Crippen molar-refractivity contribution in [1.29, 1.82) is 0 Å². The molecule has 104 valence electrons. The molecule has 0 unspecified atom stereocenters. The Hall–Kier alpha value is -0.970. The number of hydrogen-bond acceptors (Lipinski definition) is 3. The molecule has 3 N–H and O–H groups in total. The molecule has 0 heterocycles. The highest BCUT2D eigenvalue weighted by Gasteiger charge is 2.04. The Morgan fingerprint density at radius 2 is 2.06 bits per heavy atom. The third-order valence-electron chi connectivity index (χ3n) is 2.47. The average Bonchev–Trinajstić information content (AvgIpc) is 2.28. The van der Waals surface area contributed by atoms with Crippen molar-refractivity contribution in [2.75, 3.05) is 32.4 Å². The van der Waals surface area contributed by atoms with Crippen LogP contribution in [0.25, 0.3) is 0 Å². The van der Waals surface area contributed by atoms with E-state index >= 15 is 0 Å². The standard InChI is InChI=1S/C12H19N3O.2ClH/c1-3-15(2)8-7-14-12(16)10-5-4-6-11(13)9-10;;/h4-6,9H,3,7-8,13H2,1-2H3,(H,14,16);2*1H. The van der Waals surface area contributed by atoms with Crippen LogP contribution in [0.5, 0.6) is 0 Å². The van der Waals surface area contributed by atoms with Crippen LogP contribution < -0.4 is 11.1 Å². The third-order valence-corrected chi connectivity index (χ3v) is 2.47. The van der Waals surface area contributed by atoms with Crippen LogP contribution in [0.3, 0.4) is 0 Å². The number of amides is 1. The van der Waals surface area contributed by atoms with Gasteiger partial charge in [0.2, 0.25) is 0 Å². The molecule has 6 heteroatoms. The van der Waals surface area contributed by atoms with Gasteiger partial charge in [0.25, 0.3) is 5.91 Å². The predicted octanol–water partition coefficient (Wildman–Crippen LogP) is 1.79. The van der Waals surface area contributed by atoms with Gasteiger partial charge in [0.05, 0.1) is 0 Å². The van der Waals surface area contributed by atoms with Gasteiger partial charge in [-0.05, 0) is 31.8 Å². The van der Waals surface area contributed by atoms with Gasteiger partial charge >= 0.3 is 0 Å². The van der Waals surface area contributed by atoms with Crippen molar-refractivity contribution in [2.45, 2.75) is 6.92 Å². The molecule has 0 spiro atoms. The zero-order valence-electron chi connectivity index (χ0n) is 10.7. The summed E-state index contributed by atoms with van der Waals surface area (Å²) < 4.78 is 0. The second kappa shape index (κ2) is 10.00. The lowest BCUT2D eigenvalue weighted by atomic mass is 10.2. The summed E-state index contributed by atoms with van der Waals surface area (Å²) >= 11 is 0. The van der Waals surface area contributed by atoms with Gasteiger partial charge in [-0.25, -0.2) is 0 Å². The summed E-state index contributed by atoms with van der Waals surface area (Å²) in [7, 11) is 2.02. The Morgan fingerprint density at radius 1 is 1.39 bits per heavy atom. The lowest BCUT2D eigenvalue weighted by Crippen LogP contribution is -2.32. The first-order valence-corrected chi connectivity index (χ1v) is 5.45. The third kappa shape index (κ3) is 6.69. The van der Waals surface area contributed by atoms with Crippen LogP contribution >= 0.6 is 24.8 Å². The minimum Gasteiger partial charge on any atom is -0.399 e. The SMILES string of the molecule is CCN(C)CCNC(=O)c1cccc(N)c1.Cl.Cl. The maximum atomic E-state index is 11.7. The Balaban J connectivity index is 0. The molecule has 0 bridgehead atoms. The summed E-state index contributed by atoms with van der Waals surface area (Å²) in [6.45, 7) is 4.57. The molecule has 0 atom stereocenters. The van der Waals surface area contributed by atoms with E-state index in [1.165, 1.54) is 0 Å². The monoisotopic (exact) mass is 293 g/mol. The van der Waals surface area contributed by atoms with Crippen LogP contribution in [0.4, 0.5) is 5.69 Å². The van der Waals surface area contributed by atoms with E-state index in [1.807, 2.05) is 7.05 Å². The van der Waals surface area contributed by atoms with E-state index in [2.05, 4.69) is 17.1 Å². The first kappa shape index (κ1) is 19.4. The minimum absolute atomic E-state index is 0. The van der Waals surface area contributed by atoms with E-state index in [4.69, 9.17) is 5.73 Å². The van der Waals surface area contributed by atoms with Crippen molar-refractivity contribution in [2.24, 2.45) is 0 Å². The molecule has 0 saturated heterocycles. The molecule has 0 fully saturated rings. The fourth-order valence-electron chi connectivity index (χ4n) is 1.30. The van der Waals surface area contributed by atoms with Crippen LogP contribution in [0.1, 0.15) is 17.3 Å². The molecular formula is C12H21Cl2N3O. The topological polar surface area (TPSA) is 58.4 Å². The molecule has 1 rings (SSSR count). The summed E-state index contributed by atoms with van der Waals surface area (Å²) in [4.78, 5) is 13.8. The van der Waals surface area contributed by atoms with Gasteiger partial charge in [0, 0.05) is 24.3 Å². The van der Waals surface area contributed by atoms with Gasteiger partial charge in [-0.3, -0.25) is 4.79 Å². The number of carbonyl (C=O) groups excluding carboxylic acids is 1. The van der Waals surface area contributed by atoms with E-state index in [9.17, 15) is 4.79 Å². The van der Waals surface area contributed by atoms with E-state index in [1.54, 1.807) is 24.3 Å². The molecule has 0 radical (unpaired) electrons. The average molecular weight is 294 g/mol. The van der Waals surface area contributed by atoms with Crippen LogP contribution in [0.2, 0.25) is 0 Å². The molecule has 0 aliphatic carbocycles. The van der Waals surface area contributed by atoms with Crippen LogP contribution in [-0.4, -0.2) is 37.5 Å². The van der Waals surface area contributed by atoms with Gasteiger partial charge in [-0.15, -0.1) is 24.8 Å². The number of carbonyl (C=O) groups is 1. The molecule has 0 aromatic heterocycles. The first-order chi connectivity index (χ1) is 7.63. The van der Waals surface area contributed by atoms with Crippen molar-refractivity contribution in [3.05, 3.63) is 29.8 Å². The van der Waals surface area contributed by atoms with Gasteiger partial charge in [0.15, 0.2) is 0 Å². The van der Waals surface area contributed by atoms with E-state index in [0.717, 1.165) is 13.1 Å². The molecular weight excluding hydrogens is 273 g/mol. The molecule has 1 aromatic rings. The van der Waals surface area contributed by atoms with Crippen molar-refractivity contribution in [3.8, 4) is 0 Å². The summed E-state index contributed by atoms with van der Waals surface area (Å²) in [5.41, 5.74) is 6.83. The van der Waals surface area contributed by atoms with Crippen molar-refractivity contribution < 1.29 is 4.79 Å². The fourth-order valence-corrected chi connectivity index (χ4v) is 1.30. The molecule has 0 saturated carbocycles. The number of halogens is 2. The number of nitrogens with zero attached hydrogens (tertiary/aromatic N) is 1. The molecule has 0 aliphatic heterocycles. The van der Waals surface area contributed by atoms with Crippen molar-refractivity contribution in [3.63, 3.8) is 0 Å². The van der Waals surface area contributed by atoms with E-state index in [-0.39, 0.29) is 30.7 Å². The highest BCUT2D eigenvalue weighted by Crippen LogP contribution is 2.05. The number of hydrogen-bond donors (Lipinski definition) is 2. The molecule has 18 heavy (non-hydrogen) atoms. The zero-order valence-corrected chi connectivity index (χ0v) is 12.3. The van der Waals surface area contributed by atoms with E-state index in [0.29, 0.717) is 17.8 Å². The van der Waals surface area contributed by atoms with Crippen LogP contribution in [0, 0.1) is 0 Å². The molecule has 1 aromatic carbocycles. The van der Waals surface area contributed by atoms with Gasteiger partial charge in [0.1, 0.15) is 0 Å². The number of rotatable bonds is 5. The summed E-state index contributed by atoms with van der Waals surface area (Å²) in [6.07, 6.45) is 0. The lowest BCUT2D eigenvalue weighted by molar-refractivity contribution is 0.0950.